The summed E-state index contributed by atoms with van der Waals surface area (Å²) in [5.74, 6) is 0.848. The summed E-state index contributed by atoms with van der Waals surface area (Å²) in [6.45, 7) is 9.89. The number of amides is 2. The fourth-order valence-corrected chi connectivity index (χ4v) is 2.47. The lowest BCUT2D eigenvalue weighted by Crippen LogP contribution is -2.51. The zero-order valence-corrected chi connectivity index (χ0v) is 13.0. The lowest BCUT2D eigenvalue weighted by Gasteiger charge is -2.34. The van der Waals surface area contributed by atoms with Crippen LogP contribution < -0.4 is 10.1 Å². The van der Waals surface area contributed by atoms with Crippen LogP contribution in [0.2, 0.25) is 0 Å². The number of carbonyl (C=O) groups excluding carboxylic acids is 1. The molecule has 116 valence electrons. The number of nitrogens with one attached hydrogen (secondary N) is 1. The van der Waals surface area contributed by atoms with Crippen molar-refractivity contribution in [1.29, 1.82) is 0 Å². The van der Waals surface area contributed by atoms with E-state index < -0.39 is 0 Å². The topological polar surface area (TPSA) is 44.8 Å². The molecule has 1 saturated heterocycles. The molecule has 1 aliphatic rings. The lowest BCUT2D eigenvalue weighted by molar-refractivity contribution is 0.142. The lowest BCUT2D eigenvalue weighted by atomic mass is 10.2. The van der Waals surface area contributed by atoms with Crippen molar-refractivity contribution < 1.29 is 9.53 Å². The minimum Gasteiger partial charge on any atom is -0.494 e. The van der Waals surface area contributed by atoms with E-state index in [9.17, 15) is 4.79 Å². The second-order valence-corrected chi connectivity index (χ2v) is 5.16. The molecular formula is C16H25N3O2. The van der Waals surface area contributed by atoms with E-state index in [1.807, 2.05) is 36.1 Å². The molecule has 5 heteroatoms. The highest BCUT2D eigenvalue weighted by molar-refractivity contribution is 5.74. The molecule has 0 atom stereocenters. The Labute approximate surface area is 126 Å². The number of ether oxygens (including phenoxy) is 1. The van der Waals surface area contributed by atoms with Crippen LogP contribution in [-0.2, 0) is 6.54 Å². The number of urea groups is 1. The van der Waals surface area contributed by atoms with E-state index in [2.05, 4.69) is 17.1 Å². The Balaban J connectivity index is 1.80. The van der Waals surface area contributed by atoms with Crippen molar-refractivity contribution in [2.45, 2.75) is 20.4 Å². The number of hydrogen-bond acceptors (Lipinski definition) is 3. The van der Waals surface area contributed by atoms with E-state index in [0.717, 1.165) is 44.0 Å². The number of hydrogen-bond donors (Lipinski definition) is 1. The van der Waals surface area contributed by atoms with Crippen molar-refractivity contribution in [3.05, 3.63) is 29.8 Å². The van der Waals surface area contributed by atoms with E-state index in [1.54, 1.807) is 0 Å². The Bertz CT molecular complexity index is 457. The molecule has 1 fully saturated rings. The molecule has 1 aliphatic heterocycles. The van der Waals surface area contributed by atoms with Gasteiger partial charge in [-0.1, -0.05) is 19.1 Å². The van der Waals surface area contributed by atoms with Crippen LogP contribution >= 0.6 is 0 Å². The van der Waals surface area contributed by atoms with Crippen molar-refractivity contribution in [3.8, 4) is 5.75 Å². The van der Waals surface area contributed by atoms with Gasteiger partial charge in [0, 0.05) is 32.7 Å². The van der Waals surface area contributed by atoms with Gasteiger partial charge in [0.25, 0.3) is 0 Å². The van der Waals surface area contributed by atoms with E-state index in [4.69, 9.17) is 4.74 Å². The maximum atomic E-state index is 12.1. The molecule has 0 bridgehead atoms. The monoisotopic (exact) mass is 291 g/mol. The first kappa shape index (κ1) is 15.6. The van der Waals surface area contributed by atoms with Crippen LogP contribution in [0.1, 0.15) is 19.4 Å². The minimum absolute atomic E-state index is 0.0209. The van der Waals surface area contributed by atoms with Gasteiger partial charge in [0.15, 0.2) is 0 Å². The van der Waals surface area contributed by atoms with E-state index >= 15 is 0 Å². The molecule has 0 aromatic heterocycles. The van der Waals surface area contributed by atoms with Crippen LogP contribution in [0.5, 0.6) is 5.75 Å². The number of nitrogens with zero attached hydrogens (tertiary/aromatic N) is 2. The second kappa shape index (κ2) is 7.88. The molecule has 1 N–H and O–H groups in total. The van der Waals surface area contributed by atoms with Gasteiger partial charge in [-0.3, -0.25) is 0 Å². The quantitative estimate of drug-likeness (QED) is 0.901. The molecule has 0 unspecified atom stereocenters. The first-order valence-electron chi connectivity index (χ1n) is 7.69. The zero-order chi connectivity index (χ0) is 15.1. The van der Waals surface area contributed by atoms with Crippen molar-refractivity contribution in [3.63, 3.8) is 0 Å². The SMILES string of the molecule is CCOc1cccc(CNC(=O)N2CCN(CC)CC2)c1. The summed E-state index contributed by atoms with van der Waals surface area (Å²) in [6.07, 6.45) is 0. The number of benzene rings is 1. The van der Waals surface area contributed by atoms with Gasteiger partial charge in [-0.25, -0.2) is 4.79 Å². The van der Waals surface area contributed by atoms with Gasteiger partial charge >= 0.3 is 6.03 Å². The molecule has 0 aliphatic carbocycles. The number of likely N-dealkylation sites (N-methyl/N-ethyl adjacent to an activating group) is 1. The molecule has 0 radical (unpaired) electrons. The van der Waals surface area contributed by atoms with Gasteiger partial charge in [-0.2, -0.15) is 0 Å². The Morgan fingerprint density at radius 3 is 2.67 bits per heavy atom. The highest BCUT2D eigenvalue weighted by atomic mass is 16.5. The van der Waals surface area contributed by atoms with Crippen molar-refractivity contribution in [2.24, 2.45) is 0 Å². The van der Waals surface area contributed by atoms with E-state index in [1.165, 1.54) is 0 Å². The van der Waals surface area contributed by atoms with Gasteiger partial charge < -0.3 is 19.9 Å². The summed E-state index contributed by atoms with van der Waals surface area (Å²) in [5, 5.41) is 2.98. The maximum Gasteiger partial charge on any atom is 0.317 e. The average molecular weight is 291 g/mol. The molecule has 1 aromatic rings. The molecule has 21 heavy (non-hydrogen) atoms. The van der Waals surface area contributed by atoms with Crippen molar-refractivity contribution in [1.82, 2.24) is 15.1 Å². The average Bonchev–Trinajstić information content (AvgIpc) is 2.53. The van der Waals surface area contributed by atoms with Crippen molar-refractivity contribution >= 4 is 6.03 Å². The highest BCUT2D eigenvalue weighted by Crippen LogP contribution is 2.13. The van der Waals surface area contributed by atoms with Gasteiger partial charge in [-0.05, 0) is 31.2 Å². The molecular weight excluding hydrogens is 266 g/mol. The highest BCUT2D eigenvalue weighted by Gasteiger charge is 2.19. The van der Waals surface area contributed by atoms with Crippen molar-refractivity contribution in [2.75, 3.05) is 39.3 Å². The standard InChI is InChI=1S/C16H25N3O2/c1-3-18-8-10-19(11-9-18)16(20)17-13-14-6-5-7-15(12-14)21-4-2/h5-7,12H,3-4,8-11,13H2,1-2H3,(H,17,20). The Morgan fingerprint density at radius 2 is 2.00 bits per heavy atom. The summed E-state index contributed by atoms with van der Waals surface area (Å²) in [4.78, 5) is 16.4. The molecule has 1 heterocycles. The Morgan fingerprint density at radius 1 is 1.24 bits per heavy atom. The third kappa shape index (κ3) is 4.63. The summed E-state index contributed by atoms with van der Waals surface area (Å²) >= 11 is 0. The fraction of sp³-hybridized carbons (Fsp3) is 0.562. The van der Waals surface area contributed by atoms with Crippen LogP contribution in [0.25, 0.3) is 0 Å². The summed E-state index contributed by atoms with van der Waals surface area (Å²) in [6, 6.07) is 7.87. The van der Waals surface area contributed by atoms with E-state index in [0.29, 0.717) is 13.2 Å². The Kier molecular flexibility index (Phi) is 5.87. The van der Waals surface area contributed by atoms with Crippen LogP contribution in [0.3, 0.4) is 0 Å². The largest absolute Gasteiger partial charge is 0.494 e. The first-order chi connectivity index (χ1) is 10.2. The van der Waals surface area contributed by atoms with Crippen LogP contribution in [0, 0.1) is 0 Å². The van der Waals surface area contributed by atoms with E-state index in [-0.39, 0.29) is 6.03 Å². The predicted molar refractivity (Wildman–Crippen MR) is 83.5 cm³/mol. The number of carbonyl (C=O) groups is 1. The maximum absolute atomic E-state index is 12.1. The summed E-state index contributed by atoms with van der Waals surface area (Å²) in [7, 11) is 0. The van der Waals surface area contributed by atoms with Gasteiger partial charge in [0.05, 0.1) is 6.61 Å². The zero-order valence-electron chi connectivity index (χ0n) is 13.0. The second-order valence-electron chi connectivity index (χ2n) is 5.16. The normalized spacial score (nSPS) is 15.8. The Hall–Kier alpha value is -1.75. The smallest absolute Gasteiger partial charge is 0.317 e. The van der Waals surface area contributed by atoms with Gasteiger partial charge in [-0.15, -0.1) is 0 Å². The van der Waals surface area contributed by atoms with Gasteiger partial charge in [0.2, 0.25) is 0 Å². The molecule has 0 saturated carbocycles. The molecule has 0 spiro atoms. The van der Waals surface area contributed by atoms with Gasteiger partial charge in [0.1, 0.15) is 5.75 Å². The van der Waals surface area contributed by atoms with Crippen LogP contribution in [0.4, 0.5) is 4.79 Å². The van der Waals surface area contributed by atoms with Crippen LogP contribution in [-0.4, -0.2) is 55.2 Å². The number of piperazine rings is 1. The third-order valence-electron chi connectivity index (χ3n) is 3.76. The summed E-state index contributed by atoms with van der Waals surface area (Å²) in [5.41, 5.74) is 1.06. The number of rotatable bonds is 5. The minimum atomic E-state index is 0.0209. The summed E-state index contributed by atoms with van der Waals surface area (Å²) < 4.78 is 5.47. The molecule has 2 amide bonds. The first-order valence-corrected chi connectivity index (χ1v) is 7.69. The molecule has 5 nitrogen and oxygen atoms in total. The predicted octanol–water partition coefficient (Wildman–Crippen LogP) is 1.93. The third-order valence-corrected chi connectivity index (χ3v) is 3.76. The molecule has 2 rings (SSSR count). The van der Waals surface area contributed by atoms with Crippen LogP contribution in [0.15, 0.2) is 24.3 Å². The molecule has 1 aromatic carbocycles. The fourth-order valence-electron chi connectivity index (χ4n) is 2.47.